The number of aryl methyl sites for hydroxylation is 1. The van der Waals surface area contributed by atoms with Crippen molar-refractivity contribution in [2.75, 3.05) is 10.6 Å². The first kappa shape index (κ1) is 15.5. The van der Waals surface area contributed by atoms with Crippen LogP contribution < -0.4 is 10.6 Å². The van der Waals surface area contributed by atoms with E-state index in [4.69, 9.17) is 0 Å². The van der Waals surface area contributed by atoms with Crippen LogP contribution in [0.5, 0.6) is 0 Å². The van der Waals surface area contributed by atoms with Crippen molar-refractivity contribution in [1.29, 1.82) is 0 Å². The molecule has 2 rings (SSSR count). The SMILES string of the molecule is CCC(C)(C)Nc1scnc1C(=O)Nc1cccc(C)c1. The molecule has 5 heteroatoms. The molecular formula is C16H21N3OS. The Labute approximate surface area is 129 Å². The van der Waals surface area contributed by atoms with Crippen molar-refractivity contribution < 1.29 is 4.79 Å². The summed E-state index contributed by atoms with van der Waals surface area (Å²) < 4.78 is 0. The van der Waals surface area contributed by atoms with E-state index in [0.29, 0.717) is 5.69 Å². The summed E-state index contributed by atoms with van der Waals surface area (Å²) in [6, 6.07) is 7.73. The van der Waals surface area contributed by atoms with E-state index in [0.717, 1.165) is 22.7 Å². The van der Waals surface area contributed by atoms with Crippen molar-refractivity contribution in [3.8, 4) is 0 Å². The fourth-order valence-corrected chi connectivity index (χ4v) is 2.66. The van der Waals surface area contributed by atoms with E-state index in [-0.39, 0.29) is 11.4 Å². The molecule has 0 aliphatic heterocycles. The van der Waals surface area contributed by atoms with Crippen LogP contribution in [0.1, 0.15) is 43.2 Å². The van der Waals surface area contributed by atoms with Crippen molar-refractivity contribution in [3.63, 3.8) is 0 Å². The number of carbonyl (C=O) groups excluding carboxylic acids is 1. The molecule has 112 valence electrons. The number of hydrogen-bond donors (Lipinski definition) is 2. The smallest absolute Gasteiger partial charge is 0.277 e. The zero-order valence-corrected chi connectivity index (χ0v) is 13.7. The van der Waals surface area contributed by atoms with Gasteiger partial charge < -0.3 is 10.6 Å². The van der Waals surface area contributed by atoms with Crippen LogP contribution in [0, 0.1) is 6.92 Å². The second kappa shape index (κ2) is 6.26. The van der Waals surface area contributed by atoms with Crippen LogP contribution in [-0.4, -0.2) is 16.4 Å². The van der Waals surface area contributed by atoms with Gasteiger partial charge in [0.25, 0.3) is 5.91 Å². The molecule has 0 bridgehead atoms. The number of nitrogens with one attached hydrogen (secondary N) is 2. The van der Waals surface area contributed by atoms with Gasteiger partial charge in [-0.05, 0) is 44.9 Å². The second-order valence-corrected chi connectivity index (χ2v) is 6.57. The quantitative estimate of drug-likeness (QED) is 0.865. The topological polar surface area (TPSA) is 54.0 Å². The number of rotatable bonds is 5. The molecule has 21 heavy (non-hydrogen) atoms. The van der Waals surface area contributed by atoms with Crippen LogP contribution in [0.15, 0.2) is 29.8 Å². The van der Waals surface area contributed by atoms with Crippen molar-refractivity contribution in [2.24, 2.45) is 0 Å². The average molecular weight is 303 g/mol. The van der Waals surface area contributed by atoms with Gasteiger partial charge in [0, 0.05) is 11.2 Å². The lowest BCUT2D eigenvalue weighted by molar-refractivity contribution is 0.102. The van der Waals surface area contributed by atoms with Crippen molar-refractivity contribution >= 4 is 27.9 Å². The normalized spacial score (nSPS) is 11.2. The van der Waals surface area contributed by atoms with E-state index in [1.807, 2.05) is 31.2 Å². The lowest BCUT2D eigenvalue weighted by Gasteiger charge is -2.25. The molecule has 0 unspecified atom stereocenters. The van der Waals surface area contributed by atoms with Gasteiger partial charge in [0.15, 0.2) is 5.69 Å². The van der Waals surface area contributed by atoms with Gasteiger partial charge in [-0.3, -0.25) is 4.79 Å². The summed E-state index contributed by atoms with van der Waals surface area (Å²) in [6.45, 7) is 8.32. The van der Waals surface area contributed by atoms with Gasteiger partial charge in [0.2, 0.25) is 0 Å². The first-order valence-electron chi connectivity index (χ1n) is 7.01. The standard InChI is InChI=1S/C16H21N3OS/c1-5-16(3,4)19-15-13(17-10-21-15)14(20)18-12-8-6-7-11(2)9-12/h6-10,19H,5H2,1-4H3,(H,18,20). The molecule has 1 aromatic heterocycles. The zero-order chi connectivity index (χ0) is 15.5. The number of anilines is 2. The maximum Gasteiger partial charge on any atom is 0.277 e. The van der Waals surface area contributed by atoms with Crippen molar-refractivity contribution in [1.82, 2.24) is 4.98 Å². The lowest BCUT2D eigenvalue weighted by Crippen LogP contribution is -2.30. The predicted octanol–water partition coefficient (Wildman–Crippen LogP) is 4.30. The molecule has 0 saturated carbocycles. The number of nitrogens with zero attached hydrogens (tertiary/aromatic N) is 1. The molecule has 4 nitrogen and oxygen atoms in total. The molecule has 0 spiro atoms. The minimum Gasteiger partial charge on any atom is -0.370 e. The molecule has 0 aliphatic rings. The zero-order valence-electron chi connectivity index (χ0n) is 12.9. The van der Waals surface area contributed by atoms with Crippen molar-refractivity contribution in [2.45, 2.75) is 39.7 Å². The summed E-state index contributed by atoms with van der Waals surface area (Å²) in [5.74, 6) is -0.184. The molecule has 2 N–H and O–H groups in total. The number of carbonyl (C=O) groups is 1. The van der Waals surface area contributed by atoms with Crippen LogP contribution in [0.3, 0.4) is 0 Å². The minimum atomic E-state index is -0.184. The summed E-state index contributed by atoms with van der Waals surface area (Å²) >= 11 is 1.45. The highest BCUT2D eigenvalue weighted by Gasteiger charge is 2.21. The predicted molar refractivity (Wildman–Crippen MR) is 89.2 cm³/mol. The number of amides is 1. The Morgan fingerprint density at radius 1 is 1.38 bits per heavy atom. The number of benzene rings is 1. The fourth-order valence-electron chi connectivity index (χ4n) is 1.81. The van der Waals surface area contributed by atoms with E-state index in [1.54, 1.807) is 5.51 Å². The first-order chi connectivity index (χ1) is 9.91. The number of aromatic nitrogens is 1. The summed E-state index contributed by atoms with van der Waals surface area (Å²) in [5.41, 5.74) is 3.97. The van der Waals surface area contributed by atoms with Gasteiger partial charge in [-0.1, -0.05) is 19.1 Å². The van der Waals surface area contributed by atoms with E-state index in [2.05, 4.69) is 36.4 Å². The Hall–Kier alpha value is -1.88. The third-order valence-corrected chi connectivity index (χ3v) is 4.14. The number of thiazole rings is 1. The van der Waals surface area contributed by atoms with Crippen LogP contribution in [0.4, 0.5) is 10.7 Å². The Bertz CT molecular complexity index is 634. The molecule has 1 heterocycles. The minimum absolute atomic E-state index is 0.0646. The Morgan fingerprint density at radius 3 is 2.81 bits per heavy atom. The maximum atomic E-state index is 12.4. The molecule has 2 aromatic rings. The lowest BCUT2D eigenvalue weighted by atomic mass is 10.0. The fraction of sp³-hybridized carbons (Fsp3) is 0.375. The molecule has 0 saturated heterocycles. The molecule has 0 radical (unpaired) electrons. The summed E-state index contributed by atoms with van der Waals surface area (Å²) in [6.07, 6.45) is 0.962. The summed E-state index contributed by atoms with van der Waals surface area (Å²) in [7, 11) is 0. The molecule has 0 aliphatic carbocycles. The molecule has 0 atom stereocenters. The second-order valence-electron chi connectivity index (χ2n) is 5.72. The van der Waals surface area contributed by atoms with Crippen LogP contribution >= 0.6 is 11.3 Å². The van der Waals surface area contributed by atoms with Gasteiger partial charge in [0.05, 0.1) is 5.51 Å². The molecule has 1 aromatic carbocycles. The highest BCUT2D eigenvalue weighted by atomic mass is 32.1. The molecule has 1 amide bonds. The van der Waals surface area contributed by atoms with Crippen LogP contribution in [0.25, 0.3) is 0 Å². The molecule has 0 fully saturated rings. The Morgan fingerprint density at radius 2 is 2.14 bits per heavy atom. The first-order valence-corrected chi connectivity index (χ1v) is 7.89. The van der Waals surface area contributed by atoms with E-state index in [1.165, 1.54) is 11.3 Å². The van der Waals surface area contributed by atoms with Gasteiger partial charge in [-0.2, -0.15) is 0 Å². The monoisotopic (exact) mass is 303 g/mol. The van der Waals surface area contributed by atoms with Crippen molar-refractivity contribution in [3.05, 3.63) is 41.0 Å². The summed E-state index contributed by atoms with van der Waals surface area (Å²) in [4.78, 5) is 16.6. The maximum absolute atomic E-state index is 12.4. The van der Waals surface area contributed by atoms with Gasteiger partial charge >= 0.3 is 0 Å². The van der Waals surface area contributed by atoms with Gasteiger partial charge in [0.1, 0.15) is 5.00 Å². The van der Waals surface area contributed by atoms with E-state index in [9.17, 15) is 4.79 Å². The van der Waals surface area contributed by atoms with Crippen LogP contribution in [0.2, 0.25) is 0 Å². The van der Waals surface area contributed by atoms with Crippen LogP contribution in [-0.2, 0) is 0 Å². The highest BCUT2D eigenvalue weighted by Crippen LogP contribution is 2.26. The Balaban J connectivity index is 2.15. The Kier molecular flexibility index (Phi) is 4.63. The average Bonchev–Trinajstić information content (AvgIpc) is 2.86. The molecular weight excluding hydrogens is 282 g/mol. The summed E-state index contributed by atoms with van der Waals surface area (Å²) in [5, 5.41) is 7.10. The van der Waals surface area contributed by atoms with E-state index >= 15 is 0 Å². The highest BCUT2D eigenvalue weighted by molar-refractivity contribution is 7.14. The third kappa shape index (κ3) is 4.04. The van der Waals surface area contributed by atoms with Gasteiger partial charge in [-0.15, -0.1) is 11.3 Å². The number of hydrogen-bond acceptors (Lipinski definition) is 4. The van der Waals surface area contributed by atoms with E-state index < -0.39 is 0 Å². The van der Waals surface area contributed by atoms with Gasteiger partial charge in [-0.25, -0.2) is 4.98 Å². The third-order valence-electron chi connectivity index (χ3n) is 3.39. The largest absolute Gasteiger partial charge is 0.370 e.